The maximum atomic E-state index is 8.71. The van der Waals surface area contributed by atoms with Crippen LogP contribution >= 0.6 is 0 Å². The van der Waals surface area contributed by atoms with Crippen molar-refractivity contribution in [3.8, 4) is 0 Å². The second-order valence-corrected chi connectivity index (χ2v) is 3.10. The number of fused-ring (bicyclic) bond motifs is 1. The summed E-state index contributed by atoms with van der Waals surface area (Å²) in [4.78, 5) is 0. The molecular weight excluding hydrogens is 174 g/mol. The minimum atomic E-state index is 0.100. The molecule has 14 heavy (non-hydrogen) atoms. The lowest BCUT2D eigenvalue weighted by atomic mass is 10.1. The molecule has 0 heterocycles. The zero-order valence-electron chi connectivity index (χ0n) is 7.85. The molecule has 2 heteroatoms. The van der Waals surface area contributed by atoms with Gasteiger partial charge in [-0.1, -0.05) is 36.4 Å². The first-order valence-corrected chi connectivity index (χ1v) is 4.68. The van der Waals surface area contributed by atoms with E-state index < -0.39 is 0 Å². The number of hydrogen-bond acceptors (Lipinski definition) is 1. The van der Waals surface area contributed by atoms with Gasteiger partial charge in [-0.2, -0.15) is 0 Å². The van der Waals surface area contributed by atoms with E-state index in [0.717, 1.165) is 11.1 Å². The predicted octanol–water partition coefficient (Wildman–Crippen LogP) is 2.07. The summed E-state index contributed by atoms with van der Waals surface area (Å²) >= 11 is 0. The summed E-state index contributed by atoms with van der Waals surface area (Å²) in [5, 5.41) is 15.3. The van der Waals surface area contributed by atoms with E-state index in [1.54, 1.807) is 0 Å². The van der Waals surface area contributed by atoms with E-state index in [1.807, 2.05) is 30.3 Å². The highest BCUT2D eigenvalue weighted by Crippen LogP contribution is 2.22. The van der Waals surface area contributed by atoms with E-state index >= 15 is 0 Å². The van der Waals surface area contributed by atoms with Crippen LogP contribution in [0.1, 0.15) is 0 Å². The molecule has 0 atom stereocenters. The van der Waals surface area contributed by atoms with Crippen molar-refractivity contribution in [2.24, 2.45) is 0 Å². The van der Waals surface area contributed by atoms with Gasteiger partial charge in [0.15, 0.2) is 0 Å². The van der Waals surface area contributed by atoms with E-state index in [0.29, 0.717) is 6.54 Å². The Morgan fingerprint density at radius 2 is 1.79 bits per heavy atom. The number of aliphatic hydroxyl groups excluding tert-OH is 1. The number of benzene rings is 2. The van der Waals surface area contributed by atoms with Gasteiger partial charge < -0.3 is 5.11 Å². The van der Waals surface area contributed by atoms with Crippen LogP contribution < -0.4 is 5.32 Å². The van der Waals surface area contributed by atoms with E-state index in [2.05, 4.69) is 17.4 Å². The zero-order chi connectivity index (χ0) is 9.80. The molecule has 0 unspecified atom stereocenters. The molecule has 0 aliphatic rings. The van der Waals surface area contributed by atoms with Crippen molar-refractivity contribution in [2.45, 2.75) is 0 Å². The van der Waals surface area contributed by atoms with Crippen LogP contribution in [0.2, 0.25) is 0 Å². The fourth-order valence-corrected chi connectivity index (χ4v) is 1.52. The largest absolute Gasteiger partial charge is 0.394 e. The van der Waals surface area contributed by atoms with E-state index in [1.165, 1.54) is 5.39 Å². The molecular formula is C12H12NO. The van der Waals surface area contributed by atoms with Crippen LogP contribution in [0, 0.1) is 0 Å². The van der Waals surface area contributed by atoms with Crippen LogP contribution in [0.4, 0.5) is 5.69 Å². The molecule has 0 amide bonds. The zero-order valence-corrected chi connectivity index (χ0v) is 7.85. The van der Waals surface area contributed by atoms with Crippen LogP contribution in [0.5, 0.6) is 0 Å². The molecule has 2 rings (SSSR count). The maximum Gasteiger partial charge on any atom is 0.0653 e. The Kier molecular flexibility index (Phi) is 2.65. The third kappa shape index (κ3) is 1.70. The molecule has 0 spiro atoms. The van der Waals surface area contributed by atoms with Crippen LogP contribution in [0.25, 0.3) is 10.8 Å². The van der Waals surface area contributed by atoms with Gasteiger partial charge in [0.25, 0.3) is 0 Å². The molecule has 0 saturated heterocycles. The van der Waals surface area contributed by atoms with Gasteiger partial charge in [-0.3, -0.25) is 5.32 Å². The molecule has 1 radical (unpaired) electrons. The molecule has 0 saturated carbocycles. The predicted molar refractivity (Wildman–Crippen MR) is 57.7 cm³/mol. The van der Waals surface area contributed by atoms with Gasteiger partial charge in [0, 0.05) is 5.39 Å². The Morgan fingerprint density at radius 1 is 1.00 bits per heavy atom. The Balaban J connectivity index is 2.43. The van der Waals surface area contributed by atoms with E-state index in [9.17, 15) is 0 Å². The summed E-state index contributed by atoms with van der Waals surface area (Å²) in [5.41, 5.74) is 0.956. The van der Waals surface area contributed by atoms with Gasteiger partial charge in [-0.25, -0.2) is 0 Å². The van der Waals surface area contributed by atoms with Gasteiger partial charge in [-0.05, 0) is 11.5 Å². The average Bonchev–Trinajstić information content (AvgIpc) is 2.26. The lowest BCUT2D eigenvalue weighted by Gasteiger charge is -2.05. The molecule has 0 aromatic heterocycles. The van der Waals surface area contributed by atoms with Crippen molar-refractivity contribution in [3.05, 3.63) is 42.5 Å². The first-order valence-electron chi connectivity index (χ1n) is 4.68. The first-order chi connectivity index (χ1) is 6.92. The van der Waals surface area contributed by atoms with Gasteiger partial charge >= 0.3 is 0 Å². The summed E-state index contributed by atoms with van der Waals surface area (Å²) < 4.78 is 0. The lowest BCUT2D eigenvalue weighted by molar-refractivity contribution is 0.298. The minimum absolute atomic E-state index is 0.100. The average molecular weight is 186 g/mol. The smallest absolute Gasteiger partial charge is 0.0653 e. The Bertz CT molecular complexity index is 420. The van der Waals surface area contributed by atoms with Crippen molar-refractivity contribution in [3.63, 3.8) is 0 Å². The molecule has 2 nitrogen and oxygen atoms in total. The van der Waals surface area contributed by atoms with Gasteiger partial charge in [0.05, 0.1) is 18.8 Å². The monoisotopic (exact) mass is 186 g/mol. The normalized spacial score (nSPS) is 10.4. The summed E-state index contributed by atoms with van der Waals surface area (Å²) in [6, 6.07) is 14.1. The number of hydrogen-bond donors (Lipinski definition) is 1. The van der Waals surface area contributed by atoms with Crippen molar-refractivity contribution >= 4 is 16.5 Å². The molecule has 0 bridgehead atoms. The maximum absolute atomic E-state index is 8.71. The number of rotatable bonds is 3. The molecule has 0 aliphatic carbocycles. The van der Waals surface area contributed by atoms with Crippen LogP contribution in [-0.2, 0) is 0 Å². The summed E-state index contributed by atoms with van der Waals surface area (Å²) in [6.45, 7) is 0.567. The van der Waals surface area contributed by atoms with Gasteiger partial charge in [0.1, 0.15) is 0 Å². The van der Waals surface area contributed by atoms with Crippen molar-refractivity contribution in [1.82, 2.24) is 5.32 Å². The SMILES string of the molecule is OCC[N]c1cccc2ccccc12. The molecule has 2 aromatic rings. The molecule has 0 fully saturated rings. The molecule has 71 valence electrons. The van der Waals surface area contributed by atoms with Crippen LogP contribution in [0.15, 0.2) is 42.5 Å². The first kappa shape index (κ1) is 9.03. The molecule has 1 N–H and O–H groups in total. The van der Waals surface area contributed by atoms with Gasteiger partial charge in [-0.15, -0.1) is 0 Å². The third-order valence-corrected chi connectivity index (χ3v) is 2.15. The number of aliphatic hydroxyl groups is 1. The summed E-state index contributed by atoms with van der Waals surface area (Å²) in [5.74, 6) is 0. The highest BCUT2D eigenvalue weighted by atomic mass is 16.3. The van der Waals surface area contributed by atoms with E-state index in [4.69, 9.17) is 5.11 Å². The van der Waals surface area contributed by atoms with E-state index in [-0.39, 0.29) is 6.61 Å². The Labute approximate surface area is 83.2 Å². The quantitative estimate of drug-likeness (QED) is 0.782. The van der Waals surface area contributed by atoms with Crippen molar-refractivity contribution < 1.29 is 5.11 Å². The lowest BCUT2D eigenvalue weighted by Crippen LogP contribution is -2.04. The molecule has 0 aliphatic heterocycles. The standard InChI is InChI=1S/C12H12NO/c14-9-8-13-12-7-3-5-10-4-1-2-6-11(10)12/h1-7,14H,8-9H2. The minimum Gasteiger partial charge on any atom is -0.394 e. The van der Waals surface area contributed by atoms with Gasteiger partial charge in [0.2, 0.25) is 0 Å². The Hall–Kier alpha value is -1.54. The second kappa shape index (κ2) is 4.11. The Morgan fingerprint density at radius 3 is 2.64 bits per heavy atom. The topological polar surface area (TPSA) is 34.3 Å². The molecule has 2 aromatic carbocycles. The number of nitrogens with zero attached hydrogens (tertiary/aromatic N) is 1. The van der Waals surface area contributed by atoms with Crippen LogP contribution in [0.3, 0.4) is 0 Å². The summed E-state index contributed by atoms with van der Waals surface area (Å²) in [6.07, 6.45) is 0. The van der Waals surface area contributed by atoms with Crippen LogP contribution in [-0.4, -0.2) is 18.3 Å². The van der Waals surface area contributed by atoms with Crippen molar-refractivity contribution in [1.29, 1.82) is 0 Å². The second-order valence-electron chi connectivity index (χ2n) is 3.10. The third-order valence-electron chi connectivity index (χ3n) is 2.15. The summed E-state index contributed by atoms with van der Waals surface area (Å²) in [7, 11) is 0. The van der Waals surface area contributed by atoms with Crippen molar-refractivity contribution in [2.75, 3.05) is 13.2 Å². The fraction of sp³-hybridized carbons (Fsp3) is 0.167. The highest BCUT2D eigenvalue weighted by Gasteiger charge is 1.99. The fourth-order valence-electron chi connectivity index (χ4n) is 1.52. The highest BCUT2D eigenvalue weighted by molar-refractivity contribution is 5.92.